The minimum Gasteiger partial charge on any atom is -0.478 e. The molecule has 1 N–H and O–H groups in total. The van der Waals surface area contributed by atoms with Crippen LogP contribution in [-0.2, 0) is 0 Å². The van der Waals surface area contributed by atoms with E-state index < -0.39 is 5.97 Å². The van der Waals surface area contributed by atoms with Crippen LogP contribution < -0.4 is 4.74 Å². The molecule has 5 nitrogen and oxygen atoms in total. The van der Waals surface area contributed by atoms with Gasteiger partial charge in [-0.15, -0.1) is 0 Å². The van der Waals surface area contributed by atoms with Gasteiger partial charge in [0.25, 0.3) is 0 Å². The van der Waals surface area contributed by atoms with E-state index in [9.17, 15) is 4.79 Å². The maximum absolute atomic E-state index is 11.1. The maximum atomic E-state index is 11.1. The molecule has 0 unspecified atom stereocenters. The number of rotatable bonds is 3. The van der Waals surface area contributed by atoms with E-state index in [4.69, 9.17) is 15.1 Å². The van der Waals surface area contributed by atoms with Crippen LogP contribution in [0.15, 0.2) is 41.0 Å². The number of benzene rings is 1. The van der Waals surface area contributed by atoms with Crippen molar-refractivity contribution < 1.29 is 14.6 Å². The molecule has 0 bridgehead atoms. The van der Waals surface area contributed by atoms with E-state index in [0.717, 1.165) is 0 Å². The van der Waals surface area contributed by atoms with E-state index in [1.807, 2.05) is 6.07 Å². The highest BCUT2D eigenvalue weighted by Gasteiger charge is 2.12. The predicted molar refractivity (Wildman–Crippen MR) is 70.1 cm³/mol. The van der Waals surface area contributed by atoms with Gasteiger partial charge in [-0.1, -0.05) is 15.9 Å². The van der Waals surface area contributed by atoms with Crippen molar-refractivity contribution in [2.45, 2.75) is 0 Å². The molecular formula is C13H7BrN2O3. The van der Waals surface area contributed by atoms with Crippen molar-refractivity contribution in [2.75, 3.05) is 0 Å². The third-order valence-electron chi connectivity index (χ3n) is 2.25. The van der Waals surface area contributed by atoms with Gasteiger partial charge >= 0.3 is 5.97 Å². The van der Waals surface area contributed by atoms with Crippen LogP contribution in [0.5, 0.6) is 11.5 Å². The molecule has 0 atom stereocenters. The monoisotopic (exact) mass is 318 g/mol. The standard InChI is InChI=1S/C13H7BrN2O3/c14-8-1-2-11(13(17)18)12(5-8)19-10-3-4-16-9(6-10)7-15/h1-6H,(H,17,18). The molecule has 6 heteroatoms. The first-order chi connectivity index (χ1) is 9.10. The number of aromatic nitrogens is 1. The molecule has 0 saturated carbocycles. The average Bonchev–Trinajstić information content (AvgIpc) is 2.38. The van der Waals surface area contributed by atoms with Gasteiger partial charge in [0.1, 0.15) is 28.8 Å². The third-order valence-corrected chi connectivity index (χ3v) is 2.74. The zero-order chi connectivity index (χ0) is 13.8. The number of pyridine rings is 1. The Bertz CT molecular complexity index is 680. The molecule has 19 heavy (non-hydrogen) atoms. The molecule has 1 heterocycles. The summed E-state index contributed by atoms with van der Waals surface area (Å²) >= 11 is 3.25. The molecule has 0 fully saturated rings. The Morgan fingerprint density at radius 2 is 2.16 bits per heavy atom. The van der Waals surface area contributed by atoms with E-state index in [0.29, 0.717) is 10.2 Å². The highest BCUT2D eigenvalue weighted by Crippen LogP contribution is 2.28. The predicted octanol–water partition coefficient (Wildman–Crippen LogP) is 3.21. The number of hydrogen-bond donors (Lipinski definition) is 1. The topological polar surface area (TPSA) is 83.2 Å². The first-order valence-corrected chi connectivity index (χ1v) is 5.96. The lowest BCUT2D eigenvalue weighted by atomic mass is 10.2. The number of nitriles is 1. The molecule has 1 aromatic heterocycles. The van der Waals surface area contributed by atoms with E-state index in [-0.39, 0.29) is 17.0 Å². The first kappa shape index (κ1) is 13.1. The fourth-order valence-electron chi connectivity index (χ4n) is 1.42. The number of aromatic carboxylic acids is 1. The highest BCUT2D eigenvalue weighted by atomic mass is 79.9. The summed E-state index contributed by atoms with van der Waals surface area (Å²) in [5.41, 5.74) is 0.239. The van der Waals surface area contributed by atoms with Crippen molar-refractivity contribution in [1.29, 1.82) is 5.26 Å². The number of carbonyl (C=O) groups is 1. The van der Waals surface area contributed by atoms with Crippen LogP contribution in [0, 0.1) is 11.3 Å². The zero-order valence-electron chi connectivity index (χ0n) is 9.50. The second-order valence-corrected chi connectivity index (χ2v) is 4.45. The van der Waals surface area contributed by atoms with Gasteiger partial charge < -0.3 is 9.84 Å². The molecule has 0 aliphatic carbocycles. The van der Waals surface area contributed by atoms with E-state index in [2.05, 4.69) is 20.9 Å². The van der Waals surface area contributed by atoms with Crippen LogP contribution in [0.25, 0.3) is 0 Å². The van der Waals surface area contributed by atoms with Gasteiger partial charge in [0.15, 0.2) is 0 Å². The van der Waals surface area contributed by atoms with Crippen LogP contribution >= 0.6 is 15.9 Å². The number of carboxylic acids is 1. The van der Waals surface area contributed by atoms with E-state index in [1.54, 1.807) is 18.2 Å². The fourth-order valence-corrected chi connectivity index (χ4v) is 1.76. The first-order valence-electron chi connectivity index (χ1n) is 5.17. The Kier molecular flexibility index (Phi) is 3.78. The molecule has 2 aromatic rings. The Labute approximate surface area is 117 Å². The molecule has 0 radical (unpaired) electrons. The number of hydrogen-bond acceptors (Lipinski definition) is 4. The molecule has 1 aromatic carbocycles. The Balaban J connectivity index is 2.40. The van der Waals surface area contributed by atoms with Crippen molar-refractivity contribution in [3.05, 3.63) is 52.3 Å². The number of ether oxygens (including phenoxy) is 1. The van der Waals surface area contributed by atoms with Gasteiger partial charge in [-0.05, 0) is 24.3 Å². The Hall–Kier alpha value is -2.39. The van der Waals surface area contributed by atoms with Gasteiger partial charge in [-0.3, -0.25) is 0 Å². The van der Waals surface area contributed by atoms with E-state index >= 15 is 0 Å². The second-order valence-electron chi connectivity index (χ2n) is 3.54. The van der Waals surface area contributed by atoms with Crippen molar-refractivity contribution in [1.82, 2.24) is 4.98 Å². The quantitative estimate of drug-likeness (QED) is 0.939. The lowest BCUT2D eigenvalue weighted by Crippen LogP contribution is -2.00. The van der Waals surface area contributed by atoms with Crippen LogP contribution in [0.1, 0.15) is 16.1 Å². The molecule has 0 aliphatic heterocycles. The maximum Gasteiger partial charge on any atom is 0.339 e. The van der Waals surface area contributed by atoms with Crippen molar-refractivity contribution >= 4 is 21.9 Å². The molecule has 0 saturated heterocycles. The SMILES string of the molecule is N#Cc1cc(Oc2cc(Br)ccc2C(=O)O)ccn1. The van der Waals surface area contributed by atoms with E-state index in [1.165, 1.54) is 18.3 Å². The molecule has 0 aliphatic rings. The van der Waals surface area contributed by atoms with Crippen molar-refractivity contribution in [3.8, 4) is 17.6 Å². The summed E-state index contributed by atoms with van der Waals surface area (Å²) < 4.78 is 6.19. The fraction of sp³-hybridized carbons (Fsp3) is 0. The zero-order valence-corrected chi connectivity index (χ0v) is 11.1. The number of nitrogens with zero attached hydrogens (tertiary/aromatic N) is 2. The van der Waals surface area contributed by atoms with Crippen LogP contribution in [-0.4, -0.2) is 16.1 Å². The summed E-state index contributed by atoms with van der Waals surface area (Å²) in [4.78, 5) is 14.9. The number of carboxylic acid groups (broad SMARTS) is 1. The summed E-state index contributed by atoms with van der Waals surface area (Å²) in [5.74, 6) is -0.541. The average molecular weight is 319 g/mol. The smallest absolute Gasteiger partial charge is 0.339 e. The Morgan fingerprint density at radius 3 is 2.84 bits per heavy atom. The van der Waals surface area contributed by atoms with Gasteiger partial charge in [-0.2, -0.15) is 5.26 Å². The summed E-state index contributed by atoms with van der Waals surface area (Å²) in [5, 5.41) is 17.8. The molecule has 0 spiro atoms. The lowest BCUT2D eigenvalue weighted by molar-refractivity contribution is 0.0694. The molecular weight excluding hydrogens is 312 g/mol. The van der Waals surface area contributed by atoms with Gasteiger partial charge in [0.2, 0.25) is 0 Å². The minimum absolute atomic E-state index is 0.0403. The molecule has 2 rings (SSSR count). The van der Waals surface area contributed by atoms with Crippen LogP contribution in [0.4, 0.5) is 0 Å². The molecule has 94 valence electrons. The van der Waals surface area contributed by atoms with Crippen LogP contribution in [0.3, 0.4) is 0 Å². The van der Waals surface area contributed by atoms with Gasteiger partial charge in [0, 0.05) is 16.7 Å². The summed E-state index contributed by atoms with van der Waals surface area (Å²) in [6, 6.07) is 9.48. The number of halogens is 1. The van der Waals surface area contributed by atoms with Crippen molar-refractivity contribution in [3.63, 3.8) is 0 Å². The third kappa shape index (κ3) is 3.09. The second kappa shape index (κ2) is 5.50. The lowest BCUT2D eigenvalue weighted by Gasteiger charge is -2.09. The summed E-state index contributed by atoms with van der Waals surface area (Å²) in [6.07, 6.45) is 1.42. The van der Waals surface area contributed by atoms with Gasteiger partial charge in [0.05, 0.1) is 0 Å². The van der Waals surface area contributed by atoms with Crippen molar-refractivity contribution in [2.24, 2.45) is 0 Å². The summed E-state index contributed by atoms with van der Waals surface area (Å²) in [7, 11) is 0. The van der Waals surface area contributed by atoms with Gasteiger partial charge in [-0.25, -0.2) is 9.78 Å². The Morgan fingerprint density at radius 1 is 1.37 bits per heavy atom. The van der Waals surface area contributed by atoms with Crippen LogP contribution in [0.2, 0.25) is 0 Å². The summed E-state index contributed by atoms with van der Waals surface area (Å²) in [6.45, 7) is 0. The largest absolute Gasteiger partial charge is 0.478 e. The molecule has 0 amide bonds. The highest BCUT2D eigenvalue weighted by molar-refractivity contribution is 9.10. The normalized spacial score (nSPS) is 9.68. The minimum atomic E-state index is -1.09.